The first kappa shape index (κ1) is 14.5. The van der Waals surface area contributed by atoms with Crippen molar-refractivity contribution in [3.8, 4) is 5.75 Å². The predicted octanol–water partition coefficient (Wildman–Crippen LogP) is 3.01. The van der Waals surface area contributed by atoms with Crippen LogP contribution < -0.4 is 10.5 Å². The van der Waals surface area contributed by atoms with E-state index in [1.807, 2.05) is 30.3 Å². The summed E-state index contributed by atoms with van der Waals surface area (Å²) >= 11 is 0. The Morgan fingerprint density at radius 3 is 2.60 bits per heavy atom. The molecule has 0 saturated carbocycles. The Morgan fingerprint density at radius 2 is 1.90 bits per heavy atom. The molecule has 0 aliphatic heterocycles. The normalized spacial score (nSPS) is 10.6. The highest BCUT2D eigenvalue weighted by atomic mass is 19.1. The van der Waals surface area contributed by atoms with E-state index < -0.39 is 0 Å². The SMILES string of the molecule is COCc1cccc(OCc2ccc(CN)cc2F)c1. The first-order valence-corrected chi connectivity index (χ1v) is 6.41. The highest BCUT2D eigenvalue weighted by Crippen LogP contribution is 2.17. The molecule has 0 aliphatic rings. The van der Waals surface area contributed by atoms with Gasteiger partial charge in [0.2, 0.25) is 0 Å². The molecule has 0 amide bonds. The fourth-order valence-electron chi connectivity index (χ4n) is 1.89. The second-order valence-corrected chi connectivity index (χ2v) is 4.50. The lowest BCUT2D eigenvalue weighted by Crippen LogP contribution is -2.02. The van der Waals surface area contributed by atoms with Crippen LogP contribution in [0.1, 0.15) is 16.7 Å². The van der Waals surface area contributed by atoms with Gasteiger partial charge in [-0.25, -0.2) is 4.39 Å². The first-order valence-electron chi connectivity index (χ1n) is 6.41. The zero-order valence-electron chi connectivity index (χ0n) is 11.4. The van der Waals surface area contributed by atoms with Gasteiger partial charge in [-0.15, -0.1) is 0 Å². The Hall–Kier alpha value is -1.91. The van der Waals surface area contributed by atoms with E-state index in [1.165, 1.54) is 6.07 Å². The summed E-state index contributed by atoms with van der Waals surface area (Å²) in [6, 6.07) is 12.5. The van der Waals surface area contributed by atoms with Gasteiger partial charge in [0, 0.05) is 19.2 Å². The van der Waals surface area contributed by atoms with Crippen molar-refractivity contribution in [3.05, 3.63) is 65.0 Å². The van der Waals surface area contributed by atoms with E-state index in [9.17, 15) is 4.39 Å². The number of halogens is 1. The molecular formula is C16H18FNO2. The number of nitrogens with two attached hydrogens (primary N) is 1. The molecule has 0 aliphatic carbocycles. The van der Waals surface area contributed by atoms with Crippen LogP contribution in [0.5, 0.6) is 5.75 Å². The standard InChI is InChI=1S/C16H18FNO2/c1-19-10-13-3-2-4-15(7-13)20-11-14-6-5-12(9-18)8-16(14)17/h2-8H,9-11,18H2,1H3. The van der Waals surface area contributed by atoms with Crippen molar-refractivity contribution >= 4 is 0 Å². The zero-order valence-corrected chi connectivity index (χ0v) is 11.4. The van der Waals surface area contributed by atoms with Gasteiger partial charge < -0.3 is 15.2 Å². The molecular weight excluding hydrogens is 257 g/mol. The maximum absolute atomic E-state index is 13.8. The lowest BCUT2D eigenvalue weighted by atomic mass is 10.1. The summed E-state index contributed by atoms with van der Waals surface area (Å²) in [7, 11) is 1.64. The van der Waals surface area contributed by atoms with Crippen molar-refractivity contribution in [1.29, 1.82) is 0 Å². The van der Waals surface area contributed by atoms with Gasteiger partial charge >= 0.3 is 0 Å². The van der Waals surface area contributed by atoms with E-state index >= 15 is 0 Å². The Kier molecular flexibility index (Phi) is 5.09. The van der Waals surface area contributed by atoms with Crippen LogP contribution in [0.3, 0.4) is 0 Å². The third-order valence-corrected chi connectivity index (χ3v) is 2.96. The number of hydrogen-bond acceptors (Lipinski definition) is 3. The molecule has 0 aromatic heterocycles. The average molecular weight is 275 g/mol. The molecule has 2 aromatic rings. The summed E-state index contributed by atoms with van der Waals surface area (Å²) in [5.41, 5.74) is 7.77. The lowest BCUT2D eigenvalue weighted by Gasteiger charge is -2.09. The highest BCUT2D eigenvalue weighted by Gasteiger charge is 2.04. The van der Waals surface area contributed by atoms with E-state index in [2.05, 4.69) is 0 Å². The Balaban J connectivity index is 2.03. The minimum absolute atomic E-state index is 0.188. The van der Waals surface area contributed by atoms with Gasteiger partial charge in [-0.3, -0.25) is 0 Å². The molecule has 2 N–H and O–H groups in total. The van der Waals surface area contributed by atoms with Crippen LogP contribution in [0, 0.1) is 5.82 Å². The van der Waals surface area contributed by atoms with E-state index in [0.29, 0.717) is 24.5 Å². The van der Waals surface area contributed by atoms with Gasteiger partial charge in [0.25, 0.3) is 0 Å². The van der Waals surface area contributed by atoms with E-state index in [4.69, 9.17) is 15.2 Å². The number of rotatable bonds is 6. The summed E-state index contributed by atoms with van der Waals surface area (Å²) in [6.45, 7) is 1.04. The molecule has 0 fully saturated rings. The summed E-state index contributed by atoms with van der Waals surface area (Å²) in [4.78, 5) is 0. The summed E-state index contributed by atoms with van der Waals surface area (Å²) in [5.74, 6) is 0.405. The van der Waals surface area contributed by atoms with Gasteiger partial charge in [-0.2, -0.15) is 0 Å². The molecule has 106 valence electrons. The molecule has 0 bridgehead atoms. The Labute approximate surface area is 118 Å². The lowest BCUT2D eigenvalue weighted by molar-refractivity contribution is 0.184. The monoisotopic (exact) mass is 275 g/mol. The smallest absolute Gasteiger partial charge is 0.130 e. The van der Waals surface area contributed by atoms with Crippen LogP contribution in [-0.2, 0) is 24.5 Å². The van der Waals surface area contributed by atoms with Crippen LogP contribution in [0.2, 0.25) is 0 Å². The minimum Gasteiger partial charge on any atom is -0.489 e. The van der Waals surface area contributed by atoms with Crippen LogP contribution in [0.4, 0.5) is 4.39 Å². The average Bonchev–Trinajstić information content (AvgIpc) is 2.46. The fraction of sp³-hybridized carbons (Fsp3) is 0.250. The largest absolute Gasteiger partial charge is 0.489 e. The minimum atomic E-state index is -0.291. The molecule has 0 radical (unpaired) electrons. The van der Waals surface area contributed by atoms with E-state index in [0.717, 1.165) is 11.1 Å². The fourth-order valence-corrected chi connectivity index (χ4v) is 1.89. The molecule has 0 spiro atoms. The molecule has 4 heteroatoms. The van der Waals surface area contributed by atoms with Gasteiger partial charge in [0.15, 0.2) is 0 Å². The predicted molar refractivity (Wildman–Crippen MR) is 75.8 cm³/mol. The first-order chi connectivity index (χ1) is 9.72. The maximum Gasteiger partial charge on any atom is 0.130 e. The Morgan fingerprint density at radius 1 is 1.05 bits per heavy atom. The van der Waals surface area contributed by atoms with Gasteiger partial charge in [0.1, 0.15) is 18.2 Å². The number of ether oxygens (including phenoxy) is 2. The zero-order chi connectivity index (χ0) is 14.4. The molecule has 2 aromatic carbocycles. The van der Waals surface area contributed by atoms with Gasteiger partial charge in [-0.05, 0) is 29.3 Å². The van der Waals surface area contributed by atoms with Crippen molar-refractivity contribution in [2.45, 2.75) is 19.8 Å². The molecule has 0 heterocycles. The number of hydrogen-bond donors (Lipinski definition) is 1. The summed E-state index contributed by atoms with van der Waals surface area (Å²) in [6.07, 6.45) is 0. The molecule has 20 heavy (non-hydrogen) atoms. The van der Waals surface area contributed by atoms with Gasteiger partial charge in [-0.1, -0.05) is 24.3 Å². The second-order valence-electron chi connectivity index (χ2n) is 4.50. The highest BCUT2D eigenvalue weighted by molar-refractivity contribution is 5.29. The van der Waals surface area contributed by atoms with Crippen LogP contribution in [0.25, 0.3) is 0 Å². The number of methoxy groups -OCH3 is 1. The summed E-state index contributed by atoms with van der Waals surface area (Å²) < 4.78 is 24.5. The van der Waals surface area contributed by atoms with Crippen LogP contribution in [-0.4, -0.2) is 7.11 Å². The summed E-state index contributed by atoms with van der Waals surface area (Å²) in [5, 5.41) is 0. The Bertz CT molecular complexity index is 572. The second kappa shape index (κ2) is 7.03. The third-order valence-electron chi connectivity index (χ3n) is 2.96. The van der Waals surface area contributed by atoms with Crippen molar-refractivity contribution < 1.29 is 13.9 Å². The van der Waals surface area contributed by atoms with Crippen molar-refractivity contribution in [2.75, 3.05) is 7.11 Å². The van der Waals surface area contributed by atoms with Gasteiger partial charge in [0.05, 0.1) is 6.61 Å². The maximum atomic E-state index is 13.8. The molecule has 3 nitrogen and oxygen atoms in total. The van der Waals surface area contributed by atoms with Crippen molar-refractivity contribution in [2.24, 2.45) is 5.73 Å². The van der Waals surface area contributed by atoms with Crippen molar-refractivity contribution in [1.82, 2.24) is 0 Å². The quantitative estimate of drug-likeness (QED) is 0.881. The van der Waals surface area contributed by atoms with Crippen LogP contribution >= 0.6 is 0 Å². The topological polar surface area (TPSA) is 44.5 Å². The molecule has 0 saturated heterocycles. The van der Waals surface area contributed by atoms with Crippen LogP contribution in [0.15, 0.2) is 42.5 Å². The molecule has 0 atom stereocenters. The van der Waals surface area contributed by atoms with E-state index in [-0.39, 0.29) is 12.4 Å². The molecule has 0 unspecified atom stereocenters. The molecule has 2 rings (SSSR count). The third kappa shape index (κ3) is 3.79. The number of benzene rings is 2. The van der Waals surface area contributed by atoms with Crippen molar-refractivity contribution in [3.63, 3.8) is 0 Å². The van der Waals surface area contributed by atoms with E-state index in [1.54, 1.807) is 13.2 Å².